The molecule has 1 aliphatic carbocycles. The number of hydrogen-bond donors (Lipinski definition) is 3. The third-order valence-corrected chi connectivity index (χ3v) is 7.21. The predicted octanol–water partition coefficient (Wildman–Crippen LogP) is 3.36. The van der Waals surface area contributed by atoms with Crippen molar-refractivity contribution in [2.45, 2.75) is 70.4 Å². The van der Waals surface area contributed by atoms with Gasteiger partial charge in [0, 0.05) is 24.3 Å². The van der Waals surface area contributed by atoms with E-state index in [1.165, 1.54) is 12.3 Å². The Morgan fingerprint density at radius 3 is 2.62 bits per heavy atom. The second-order valence-electron chi connectivity index (χ2n) is 8.86. The number of nitrogens with one attached hydrogen (secondary N) is 2. The Bertz CT molecular complexity index is 1110. The zero-order chi connectivity index (χ0) is 24.8. The van der Waals surface area contributed by atoms with Crippen molar-refractivity contribution < 1.29 is 27.9 Å². The number of aliphatic hydroxyl groups excluding tert-OH is 1. The Balaban J connectivity index is 1.67. The molecule has 2 aliphatic rings. The molecule has 3 heterocycles. The summed E-state index contributed by atoms with van der Waals surface area (Å²) in [4.78, 5) is 36.6. The summed E-state index contributed by atoms with van der Waals surface area (Å²) < 4.78 is 38.7. The SMILES string of the molecule is Cc1cc(N[C@@H](C)C(F)(F)F)ncc1-c1sc(C(=O)N[C@H]2C[C@@H]2O)nc1C(=O)N1CCC[C@@H]1C. The number of carbonyl (C=O) groups is 2. The number of halogens is 3. The third kappa shape index (κ3) is 5.02. The first-order chi connectivity index (χ1) is 16.0. The zero-order valence-electron chi connectivity index (χ0n) is 18.9. The fraction of sp³-hybridized carbons (Fsp3) is 0.545. The molecule has 0 spiro atoms. The van der Waals surface area contributed by atoms with E-state index in [4.69, 9.17) is 0 Å². The van der Waals surface area contributed by atoms with Gasteiger partial charge in [-0.15, -0.1) is 11.3 Å². The summed E-state index contributed by atoms with van der Waals surface area (Å²) >= 11 is 1.03. The maximum atomic E-state index is 13.3. The van der Waals surface area contributed by atoms with E-state index in [-0.39, 0.29) is 34.5 Å². The molecule has 0 radical (unpaired) electrons. The van der Waals surface area contributed by atoms with E-state index < -0.39 is 24.2 Å². The number of amides is 2. The van der Waals surface area contributed by atoms with Crippen LogP contribution < -0.4 is 10.6 Å². The smallest absolute Gasteiger partial charge is 0.391 e. The number of anilines is 1. The first-order valence-electron chi connectivity index (χ1n) is 11.1. The molecule has 8 nitrogen and oxygen atoms in total. The minimum atomic E-state index is -4.42. The van der Waals surface area contributed by atoms with E-state index in [0.29, 0.717) is 29.0 Å². The Hall–Kier alpha value is -2.73. The van der Waals surface area contributed by atoms with Crippen molar-refractivity contribution in [1.29, 1.82) is 0 Å². The summed E-state index contributed by atoms with van der Waals surface area (Å²) in [5.41, 5.74) is 1.22. The van der Waals surface area contributed by atoms with Crippen molar-refractivity contribution in [2.75, 3.05) is 11.9 Å². The lowest BCUT2D eigenvalue weighted by Crippen LogP contribution is -2.34. The van der Waals surface area contributed by atoms with Crippen LogP contribution >= 0.6 is 11.3 Å². The molecule has 0 unspecified atom stereocenters. The molecule has 0 aromatic carbocycles. The van der Waals surface area contributed by atoms with Crippen LogP contribution in [-0.4, -0.2) is 68.7 Å². The van der Waals surface area contributed by atoms with Gasteiger partial charge >= 0.3 is 6.18 Å². The van der Waals surface area contributed by atoms with Crippen LogP contribution in [-0.2, 0) is 0 Å². The number of alkyl halides is 3. The topological polar surface area (TPSA) is 107 Å². The minimum absolute atomic E-state index is 0.0376. The molecule has 4 atom stereocenters. The van der Waals surface area contributed by atoms with Crippen molar-refractivity contribution in [2.24, 2.45) is 0 Å². The molecule has 1 aliphatic heterocycles. The van der Waals surface area contributed by atoms with Crippen LogP contribution in [0.25, 0.3) is 10.4 Å². The molecule has 0 bridgehead atoms. The number of aromatic nitrogens is 2. The second kappa shape index (κ2) is 9.14. The highest BCUT2D eigenvalue weighted by Crippen LogP contribution is 2.36. The van der Waals surface area contributed by atoms with Crippen LogP contribution in [0.4, 0.5) is 19.0 Å². The lowest BCUT2D eigenvalue weighted by molar-refractivity contribution is -0.138. The van der Waals surface area contributed by atoms with E-state index in [1.54, 1.807) is 11.8 Å². The van der Waals surface area contributed by atoms with Crippen molar-refractivity contribution in [3.05, 3.63) is 28.5 Å². The maximum Gasteiger partial charge on any atom is 0.408 e. The van der Waals surface area contributed by atoms with Gasteiger partial charge in [-0.3, -0.25) is 9.59 Å². The number of aryl methyl sites for hydroxylation is 1. The molecule has 34 heavy (non-hydrogen) atoms. The summed E-state index contributed by atoms with van der Waals surface area (Å²) in [6.45, 7) is 5.24. The van der Waals surface area contributed by atoms with Gasteiger partial charge in [0.25, 0.3) is 11.8 Å². The number of thiazole rings is 1. The quantitative estimate of drug-likeness (QED) is 0.565. The molecule has 184 valence electrons. The van der Waals surface area contributed by atoms with Crippen LogP contribution in [0.2, 0.25) is 0 Å². The van der Waals surface area contributed by atoms with Crippen molar-refractivity contribution in [3.63, 3.8) is 0 Å². The van der Waals surface area contributed by atoms with Crippen LogP contribution in [0.15, 0.2) is 12.3 Å². The van der Waals surface area contributed by atoms with Crippen molar-refractivity contribution >= 4 is 29.0 Å². The number of pyridine rings is 1. The standard InChI is InChI=1S/C22H26F3N5O3S/c1-10-7-16(27-12(3)22(23,24)25)26-9-13(10)18-17(21(33)30-6-4-5-11(30)2)29-20(34-18)19(32)28-14-8-15(14)31/h7,9,11-12,14-15,31H,4-6,8H2,1-3H3,(H,26,27)(H,28,32)/t11-,12-,14-,15-/m0/s1. The van der Waals surface area contributed by atoms with Gasteiger partial charge in [0.1, 0.15) is 17.6 Å². The van der Waals surface area contributed by atoms with Crippen LogP contribution in [0.1, 0.15) is 59.0 Å². The van der Waals surface area contributed by atoms with Crippen molar-refractivity contribution in [1.82, 2.24) is 20.2 Å². The first-order valence-corrected chi connectivity index (χ1v) is 11.9. The average molecular weight is 498 g/mol. The summed E-state index contributed by atoms with van der Waals surface area (Å²) in [7, 11) is 0. The first kappa shape index (κ1) is 24.4. The largest absolute Gasteiger partial charge is 0.408 e. The van der Waals surface area contributed by atoms with E-state index in [2.05, 4.69) is 20.6 Å². The molecule has 12 heteroatoms. The number of aliphatic hydroxyl groups is 1. The highest BCUT2D eigenvalue weighted by Gasteiger charge is 2.38. The fourth-order valence-electron chi connectivity index (χ4n) is 3.86. The van der Waals surface area contributed by atoms with Gasteiger partial charge in [-0.2, -0.15) is 13.2 Å². The molecule has 1 saturated heterocycles. The minimum Gasteiger partial charge on any atom is -0.391 e. The normalized spacial score (nSPS) is 23.0. The Morgan fingerprint density at radius 1 is 1.35 bits per heavy atom. The van der Waals surface area contributed by atoms with Gasteiger partial charge in [0.15, 0.2) is 5.01 Å². The number of likely N-dealkylation sites (tertiary alicyclic amines) is 1. The molecule has 2 amide bonds. The monoisotopic (exact) mass is 497 g/mol. The summed E-state index contributed by atoms with van der Waals surface area (Å²) in [6.07, 6.45) is -1.40. The van der Waals surface area contributed by atoms with Crippen LogP contribution in [0.3, 0.4) is 0 Å². The fourth-order valence-corrected chi connectivity index (χ4v) is 4.89. The highest BCUT2D eigenvalue weighted by molar-refractivity contribution is 7.17. The van der Waals surface area contributed by atoms with E-state index in [9.17, 15) is 27.9 Å². The Kier molecular flexibility index (Phi) is 6.56. The Labute approximate surface area is 198 Å². The van der Waals surface area contributed by atoms with Gasteiger partial charge in [-0.05, 0) is 51.7 Å². The lowest BCUT2D eigenvalue weighted by Gasteiger charge is -2.21. The highest BCUT2D eigenvalue weighted by atomic mass is 32.1. The van der Waals surface area contributed by atoms with E-state index >= 15 is 0 Å². The molecule has 2 aromatic rings. The average Bonchev–Trinajstić information content (AvgIpc) is 3.14. The van der Waals surface area contributed by atoms with Crippen LogP contribution in [0, 0.1) is 6.92 Å². The number of hydrogen-bond acceptors (Lipinski definition) is 7. The molecule has 2 fully saturated rings. The number of carbonyl (C=O) groups excluding carboxylic acids is 2. The predicted molar refractivity (Wildman–Crippen MR) is 121 cm³/mol. The van der Waals surface area contributed by atoms with Gasteiger partial charge in [0.05, 0.1) is 17.0 Å². The van der Waals surface area contributed by atoms with E-state index in [0.717, 1.165) is 31.1 Å². The molecule has 1 saturated carbocycles. The van der Waals surface area contributed by atoms with Gasteiger partial charge in [0.2, 0.25) is 0 Å². The maximum absolute atomic E-state index is 13.3. The Morgan fingerprint density at radius 2 is 2.06 bits per heavy atom. The molecular weight excluding hydrogens is 471 g/mol. The van der Waals surface area contributed by atoms with Gasteiger partial charge in [-0.1, -0.05) is 0 Å². The van der Waals surface area contributed by atoms with Crippen molar-refractivity contribution in [3.8, 4) is 10.4 Å². The van der Waals surface area contributed by atoms with E-state index in [1.807, 2.05) is 6.92 Å². The summed E-state index contributed by atoms with van der Waals surface area (Å²) in [6, 6.07) is -0.599. The lowest BCUT2D eigenvalue weighted by atomic mass is 10.1. The zero-order valence-corrected chi connectivity index (χ0v) is 19.8. The number of nitrogens with zero attached hydrogens (tertiary/aromatic N) is 3. The second-order valence-corrected chi connectivity index (χ2v) is 9.86. The molecule has 2 aromatic heterocycles. The van der Waals surface area contributed by atoms with Gasteiger partial charge < -0.3 is 20.6 Å². The summed E-state index contributed by atoms with van der Waals surface area (Å²) in [5, 5.41) is 14.6. The number of rotatable bonds is 6. The third-order valence-electron chi connectivity index (χ3n) is 6.12. The molecule has 3 N–H and O–H groups in total. The molecular formula is C22H26F3N5O3S. The van der Waals surface area contributed by atoms with Gasteiger partial charge in [-0.25, -0.2) is 9.97 Å². The van der Waals surface area contributed by atoms with Crippen LogP contribution in [0.5, 0.6) is 0 Å². The molecule has 4 rings (SSSR count). The summed E-state index contributed by atoms with van der Waals surface area (Å²) in [5.74, 6) is -0.726.